The van der Waals surface area contributed by atoms with Crippen LogP contribution in [-0.2, 0) is 4.79 Å². The topological polar surface area (TPSA) is 110 Å². The van der Waals surface area contributed by atoms with Crippen LogP contribution in [0.2, 0.25) is 0 Å². The van der Waals surface area contributed by atoms with Gasteiger partial charge in [0.05, 0.1) is 22.0 Å². The Balaban J connectivity index is 1.69. The fourth-order valence-corrected chi connectivity index (χ4v) is 3.23. The number of amides is 1. The summed E-state index contributed by atoms with van der Waals surface area (Å²) in [4.78, 5) is 30.7. The first-order chi connectivity index (χ1) is 13.6. The lowest BCUT2D eigenvalue weighted by Crippen LogP contribution is -2.33. The number of carbonyl (C=O) groups excluding carboxylic acids is 1. The smallest absolute Gasteiger partial charge is 0.310 e. The molecule has 0 aliphatic carbocycles. The number of H-pyrrole nitrogens is 1. The average Bonchev–Trinajstić information content (AvgIpc) is 3.13. The van der Waals surface area contributed by atoms with Crippen molar-refractivity contribution in [2.75, 3.05) is 18.6 Å². The predicted octanol–water partition coefficient (Wildman–Crippen LogP) is 3.46. The molecule has 0 spiro atoms. The van der Waals surface area contributed by atoms with Gasteiger partial charge in [-0.2, -0.15) is 11.8 Å². The van der Waals surface area contributed by atoms with Gasteiger partial charge in [-0.15, -0.1) is 0 Å². The van der Waals surface area contributed by atoms with Gasteiger partial charge in [0.2, 0.25) is 0 Å². The first kappa shape index (κ1) is 19.7. The molecule has 2 aromatic carbocycles. The number of fused-ring (bicyclic) bond motifs is 1. The highest BCUT2D eigenvalue weighted by molar-refractivity contribution is 7.98. The molecular formula is C19H20N4O4S. The molecule has 146 valence electrons. The quantitative estimate of drug-likeness (QED) is 0.420. The summed E-state index contributed by atoms with van der Waals surface area (Å²) in [6.45, 7) is -0.319. The molecule has 0 saturated carbocycles. The molecule has 1 aromatic heterocycles. The number of nitrogens with zero attached hydrogens (tertiary/aromatic N) is 2. The number of hydrogen-bond acceptors (Lipinski definition) is 6. The van der Waals surface area contributed by atoms with Crippen LogP contribution in [0, 0.1) is 10.1 Å². The fraction of sp³-hybridized carbons (Fsp3) is 0.263. The second-order valence-electron chi connectivity index (χ2n) is 6.05. The van der Waals surface area contributed by atoms with E-state index in [9.17, 15) is 14.9 Å². The van der Waals surface area contributed by atoms with Gasteiger partial charge in [0.1, 0.15) is 5.82 Å². The SMILES string of the molecule is CSCCC(NC(=O)COc1ccccc1[N+](=O)[O-])c1nc2ccccc2[nH]1. The maximum absolute atomic E-state index is 12.4. The second-order valence-corrected chi connectivity index (χ2v) is 7.04. The van der Waals surface area contributed by atoms with E-state index < -0.39 is 4.92 Å². The van der Waals surface area contributed by atoms with Gasteiger partial charge in [-0.3, -0.25) is 14.9 Å². The molecule has 1 amide bonds. The number of imidazole rings is 1. The van der Waals surface area contributed by atoms with Gasteiger partial charge in [-0.25, -0.2) is 4.98 Å². The molecule has 1 unspecified atom stereocenters. The number of aromatic nitrogens is 2. The summed E-state index contributed by atoms with van der Waals surface area (Å²) >= 11 is 1.67. The number of rotatable bonds is 9. The Morgan fingerprint density at radius 3 is 2.79 bits per heavy atom. The van der Waals surface area contributed by atoms with Crippen LogP contribution < -0.4 is 10.1 Å². The van der Waals surface area contributed by atoms with Crippen molar-refractivity contribution in [3.05, 3.63) is 64.5 Å². The number of nitro groups is 1. The molecule has 0 fully saturated rings. The Hall–Kier alpha value is -3.07. The summed E-state index contributed by atoms with van der Waals surface area (Å²) in [6, 6.07) is 13.3. The van der Waals surface area contributed by atoms with E-state index in [1.54, 1.807) is 23.9 Å². The van der Waals surface area contributed by atoms with Gasteiger partial charge in [-0.1, -0.05) is 24.3 Å². The molecule has 0 saturated heterocycles. The number of nitro benzene ring substituents is 1. The van der Waals surface area contributed by atoms with Crippen molar-refractivity contribution < 1.29 is 14.5 Å². The third kappa shape index (κ3) is 4.80. The van der Waals surface area contributed by atoms with E-state index >= 15 is 0 Å². The number of aromatic amines is 1. The van der Waals surface area contributed by atoms with E-state index in [0.717, 1.165) is 16.8 Å². The third-order valence-corrected chi connectivity index (χ3v) is 4.75. The summed E-state index contributed by atoms with van der Waals surface area (Å²) in [7, 11) is 0. The normalized spacial score (nSPS) is 11.9. The van der Waals surface area contributed by atoms with Gasteiger partial charge in [0.25, 0.3) is 5.91 Å². The lowest BCUT2D eigenvalue weighted by Gasteiger charge is -2.16. The Bertz CT molecular complexity index is 942. The molecular weight excluding hydrogens is 380 g/mol. The number of ether oxygens (including phenoxy) is 1. The summed E-state index contributed by atoms with van der Waals surface area (Å²) in [6.07, 6.45) is 2.69. The Labute approximate surface area is 165 Å². The Morgan fingerprint density at radius 1 is 1.29 bits per heavy atom. The van der Waals surface area contributed by atoms with Crippen molar-refractivity contribution in [3.8, 4) is 5.75 Å². The van der Waals surface area contributed by atoms with Crippen molar-refractivity contribution in [2.24, 2.45) is 0 Å². The van der Waals surface area contributed by atoms with Crippen molar-refractivity contribution in [3.63, 3.8) is 0 Å². The van der Waals surface area contributed by atoms with Crippen LogP contribution in [0.15, 0.2) is 48.5 Å². The minimum Gasteiger partial charge on any atom is -0.477 e. The highest BCUT2D eigenvalue weighted by Crippen LogP contribution is 2.26. The molecule has 3 rings (SSSR count). The zero-order chi connectivity index (χ0) is 19.9. The Morgan fingerprint density at radius 2 is 2.04 bits per heavy atom. The van der Waals surface area contributed by atoms with Gasteiger partial charge in [0.15, 0.2) is 12.4 Å². The first-order valence-corrected chi connectivity index (χ1v) is 10.1. The van der Waals surface area contributed by atoms with Gasteiger partial charge >= 0.3 is 5.69 Å². The van der Waals surface area contributed by atoms with Crippen molar-refractivity contribution in [2.45, 2.75) is 12.5 Å². The third-order valence-electron chi connectivity index (χ3n) is 4.10. The zero-order valence-electron chi connectivity index (χ0n) is 15.3. The molecule has 9 heteroatoms. The van der Waals surface area contributed by atoms with E-state index in [-0.39, 0.29) is 30.0 Å². The van der Waals surface area contributed by atoms with E-state index in [2.05, 4.69) is 15.3 Å². The summed E-state index contributed by atoms with van der Waals surface area (Å²) in [5.74, 6) is 1.21. The van der Waals surface area contributed by atoms with Crippen LogP contribution in [0.5, 0.6) is 5.75 Å². The maximum Gasteiger partial charge on any atom is 0.310 e. The Kier molecular flexibility index (Phi) is 6.49. The molecule has 1 atom stereocenters. The van der Waals surface area contributed by atoms with Crippen LogP contribution >= 0.6 is 11.8 Å². The molecule has 8 nitrogen and oxygen atoms in total. The number of benzene rings is 2. The number of hydrogen-bond donors (Lipinski definition) is 2. The monoisotopic (exact) mass is 400 g/mol. The predicted molar refractivity (Wildman–Crippen MR) is 109 cm³/mol. The molecule has 0 radical (unpaired) electrons. The van der Waals surface area contributed by atoms with E-state index in [1.807, 2.05) is 30.5 Å². The highest BCUT2D eigenvalue weighted by Gasteiger charge is 2.20. The average molecular weight is 400 g/mol. The lowest BCUT2D eigenvalue weighted by atomic mass is 10.2. The van der Waals surface area contributed by atoms with Crippen LogP contribution in [0.4, 0.5) is 5.69 Å². The molecule has 0 aliphatic heterocycles. The first-order valence-electron chi connectivity index (χ1n) is 8.67. The molecule has 1 heterocycles. The van der Waals surface area contributed by atoms with Crippen molar-refractivity contribution in [1.82, 2.24) is 15.3 Å². The largest absolute Gasteiger partial charge is 0.477 e. The van der Waals surface area contributed by atoms with Gasteiger partial charge in [-0.05, 0) is 36.6 Å². The zero-order valence-corrected chi connectivity index (χ0v) is 16.1. The van der Waals surface area contributed by atoms with Crippen molar-refractivity contribution >= 4 is 34.4 Å². The molecule has 2 N–H and O–H groups in total. The van der Waals surface area contributed by atoms with Crippen LogP contribution in [0.3, 0.4) is 0 Å². The summed E-state index contributed by atoms with van der Waals surface area (Å²) < 4.78 is 5.37. The van der Waals surface area contributed by atoms with Gasteiger partial charge < -0.3 is 15.0 Å². The maximum atomic E-state index is 12.4. The summed E-state index contributed by atoms with van der Waals surface area (Å²) in [5, 5.41) is 14.0. The van der Waals surface area contributed by atoms with Crippen LogP contribution in [0.1, 0.15) is 18.3 Å². The molecule has 28 heavy (non-hydrogen) atoms. The lowest BCUT2D eigenvalue weighted by molar-refractivity contribution is -0.385. The van der Waals surface area contributed by atoms with Gasteiger partial charge in [0, 0.05) is 6.07 Å². The van der Waals surface area contributed by atoms with E-state index in [4.69, 9.17) is 4.74 Å². The number of nitrogens with one attached hydrogen (secondary N) is 2. The molecule has 0 aliphatic rings. The molecule has 0 bridgehead atoms. The van der Waals surface area contributed by atoms with Crippen LogP contribution in [0.25, 0.3) is 11.0 Å². The second kappa shape index (κ2) is 9.23. The highest BCUT2D eigenvalue weighted by atomic mass is 32.2. The fourth-order valence-electron chi connectivity index (χ4n) is 2.76. The van der Waals surface area contributed by atoms with Crippen LogP contribution in [-0.4, -0.2) is 39.4 Å². The van der Waals surface area contributed by atoms with E-state index in [1.165, 1.54) is 12.1 Å². The summed E-state index contributed by atoms with van der Waals surface area (Å²) in [5.41, 5.74) is 1.56. The van der Waals surface area contributed by atoms with E-state index in [0.29, 0.717) is 12.2 Å². The van der Waals surface area contributed by atoms with Crippen molar-refractivity contribution in [1.29, 1.82) is 0 Å². The number of thioether (sulfide) groups is 1. The minimum atomic E-state index is -0.539. The number of carbonyl (C=O) groups is 1. The standard InChI is InChI=1S/C19H20N4O4S/c1-28-11-10-15(19-21-13-6-2-3-7-14(13)22-19)20-18(24)12-27-17-9-5-4-8-16(17)23(25)26/h2-9,15H,10-12H2,1H3,(H,20,24)(H,21,22). The molecule has 3 aromatic rings. The number of para-hydroxylation sites is 4. The minimum absolute atomic E-state index is 0.0621.